The summed E-state index contributed by atoms with van der Waals surface area (Å²) in [7, 11) is 1.70. The summed E-state index contributed by atoms with van der Waals surface area (Å²) in [4.78, 5) is 0. The second-order valence-corrected chi connectivity index (χ2v) is 4.75. The van der Waals surface area contributed by atoms with Crippen molar-refractivity contribution in [2.75, 3.05) is 20.3 Å². The van der Waals surface area contributed by atoms with Crippen LogP contribution in [0, 0.1) is 6.92 Å². The SMILES string of the molecule is COCCNCc1cnn(-c2ccc(Cl)cc2)c1C. The molecule has 0 saturated heterocycles. The molecule has 0 saturated carbocycles. The number of hydrogen-bond donors (Lipinski definition) is 1. The number of methoxy groups -OCH3 is 1. The van der Waals surface area contributed by atoms with E-state index in [1.165, 1.54) is 5.56 Å². The van der Waals surface area contributed by atoms with Crippen LogP contribution in [-0.4, -0.2) is 30.0 Å². The first-order valence-corrected chi connectivity index (χ1v) is 6.59. The fourth-order valence-electron chi connectivity index (χ4n) is 1.86. The van der Waals surface area contributed by atoms with Crippen LogP contribution in [0.2, 0.25) is 5.02 Å². The first kappa shape index (κ1) is 14.1. The van der Waals surface area contributed by atoms with E-state index in [9.17, 15) is 0 Å². The largest absolute Gasteiger partial charge is 0.383 e. The number of benzene rings is 1. The molecule has 0 spiro atoms. The topological polar surface area (TPSA) is 39.1 Å². The molecule has 0 atom stereocenters. The van der Waals surface area contributed by atoms with Crippen molar-refractivity contribution in [3.8, 4) is 5.69 Å². The molecule has 0 amide bonds. The average Bonchev–Trinajstić information content (AvgIpc) is 2.77. The average molecular weight is 280 g/mol. The minimum Gasteiger partial charge on any atom is -0.383 e. The standard InChI is InChI=1S/C14H18ClN3O/c1-11-12(9-16-7-8-19-2)10-17-18(11)14-5-3-13(15)4-6-14/h3-6,10,16H,7-9H2,1-2H3. The van der Waals surface area contributed by atoms with Crippen molar-refractivity contribution in [2.24, 2.45) is 0 Å². The Morgan fingerprint density at radius 1 is 1.32 bits per heavy atom. The predicted octanol–water partition coefficient (Wildman–Crippen LogP) is 2.57. The molecular weight excluding hydrogens is 262 g/mol. The van der Waals surface area contributed by atoms with E-state index in [-0.39, 0.29) is 0 Å². The van der Waals surface area contributed by atoms with Crippen LogP contribution in [0.5, 0.6) is 0 Å². The Morgan fingerprint density at radius 2 is 2.05 bits per heavy atom. The lowest BCUT2D eigenvalue weighted by Gasteiger charge is -2.06. The van der Waals surface area contributed by atoms with Crippen LogP contribution in [0.15, 0.2) is 30.5 Å². The van der Waals surface area contributed by atoms with Gasteiger partial charge in [0, 0.05) is 36.5 Å². The number of aromatic nitrogens is 2. The second kappa shape index (κ2) is 6.70. The summed E-state index contributed by atoms with van der Waals surface area (Å²) < 4.78 is 6.92. The molecule has 1 N–H and O–H groups in total. The Kier molecular flexibility index (Phi) is 4.96. The van der Waals surface area contributed by atoms with Gasteiger partial charge in [-0.2, -0.15) is 5.10 Å². The predicted molar refractivity (Wildman–Crippen MR) is 76.9 cm³/mol. The Hall–Kier alpha value is -1.36. The molecule has 1 aromatic carbocycles. The van der Waals surface area contributed by atoms with Crippen molar-refractivity contribution >= 4 is 11.6 Å². The molecule has 0 fully saturated rings. The lowest BCUT2D eigenvalue weighted by Crippen LogP contribution is -2.18. The van der Waals surface area contributed by atoms with Gasteiger partial charge < -0.3 is 10.1 Å². The van der Waals surface area contributed by atoms with Crippen molar-refractivity contribution in [2.45, 2.75) is 13.5 Å². The first-order valence-electron chi connectivity index (χ1n) is 6.21. The number of nitrogens with zero attached hydrogens (tertiary/aromatic N) is 2. The van der Waals surface area contributed by atoms with Gasteiger partial charge in [-0.1, -0.05) is 11.6 Å². The smallest absolute Gasteiger partial charge is 0.0649 e. The fraction of sp³-hybridized carbons (Fsp3) is 0.357. The zero-order valence-corrected chi connectivity index (χ0v) is 11.9. The van der Waals surface area contributed by atoms with Gasteiger partial charge in [0.05, 0.1) is 18.5 Å². The normalized spacial score (nSPS) is 10.9. The first-order chi connectivity index (χ1) is 9.22. The van der Waals surface area contributed by atoms with Crippen LogP contribution in [0.4, 0.5) is 0 Å². The zero-order valence-electron chi connectivity index (χ0n) is 11.2. The van der Waals surface area contributed by atoms with E-state index in [0.29, 0.717) is 6.61 Å². The van der Waals surface area contributed by atoms with E-state index in [1.807, 2.05) is 35.1 Å². The number of ether oxygens (including phenoxy) is 1. The van der Waals surface area contributed by atoms with Crippen LogP contribution in [-0.2, 0) is 11.3 Å². The lowest BCUT2D eigenvalue weighted by atomic mass is 10.2. The minimum absolute atomic E-state index is 0.713. The van der Waals surface area contributed by atoms with Gasteiger partial charge in [0.2, 0.25) is 0 Å². The van der Waals surface area contributed by atoms with Crippen LogP contribution < -0.4 is 5.32 Å². The van der Waals surface area contributed by atoms with Gasteiger partial charge in [0.1, 0.15) is 0 Å². The summed E-state index contributed by atoms with van der Waals surface area (Å²) in [6, 6.07) is 7.66. The highest BCUT2D eigenvalue weighted by Crippen LogP contribution is 2.16. The highest BCUT2D eigenvalue weighted by Gasteiger charge is 2.07. The van der Waals surface area contributed by atoms with Crippen LogP contribution in [0.25, 0.3) is 5.69 Å². The molecule has 0 unspecified atom stereocenters. The lowest BCUT2D eigenvalue weighted by molar-refractivity contribution is 0.199. The molecule has 0 aliphatic heterocycles. The van der Waals surface area contributed by atoms with Gasteiger partial charge in [-0.3, -0.25) is 0 Å². The van der Waals surface area contributed by atoms with Crippen molar-refractivity contribution in [1.29, 1.82) is 0 Å². The monoisotopic (exact) mass is 279 g/mol. The molecule has 2 rings (SSSR count). The molecular formula is C14H18ClN3O. The van der Waals surface area contributed by atoms with Crippen LogP contribution in [0.1, 0.15) is 11.3 Å². The van der Waals surface area contributed by atoms with Gasteiger partial charge in [0.25, 0.3) is 0 Å². The van der Waals surface area contributed by atoms with Crippen molar-refractivity contribution in [3.05, 3.63) is 46.7 Å². The maximum Gasteiger partial charge on any atom is 0.0649 e. The molecule has 4 nitrogen and oxygen atoms in total. The number of nitrogens with one attached hydrogen (secondary N) is 1. The Morgan fingerprint density at radius 3 is 2.74 bits per heavy atom. The van der Waals surface area contributed by atoms with Crippen molar-refractivity contribution in [1.82, 2.24) is 15.1 Å². The molecule has 1 aromatic heterocycles. The Balaban J connectivity index is 2.07. The van der Waals surface area contributed by atoms with Crippen molar-refractivity contribution in [3.63, 3.8) is 0 Å². The van der Waals surface area contributed by atoms with E-state index >= 15 is 0 Å². The molecule has 0 radical (unpaired) electrons. The maximum atomic E-state index is 5.89. The van der Waals surface area contributed by atoms with E-state index in [4.69, 9.17) is 16.3 Å². The van der Waals surface area contributed by atoms with E-state index in [0.717, 1.165) is 29.5 Å². The summed E-state index contributed by atoms with van der Waals surface area (Å²) in [5.74, 6) is 0. The molecule has 0 bridgehead atoms. The summed E-state index contributed by atoms with van der Waals surface area (Å²) in [5.41, 5.74) is 3.34. The third kappa shape index (κ3) is 3.56. The quantitative estimate of drug-likeness (QED) is 0.826. The molecule has 102 valence electrons. The van der Waals surface area contributed by atoms with Gasteiger partial charge in [0.15, 0.2) is 0 Å². The van der Waals surface area contributed by atoms with Gasteiger partial charge in [-0.05, 0) is 31.2 Å². The summed E-state index contributed by atoms with van der Waals surface area (Å²) in [6.07, 6.45) is 1.89. The Labute approximate surface area is 118 Å². The molecule has 1 heterocycles. The van der Waals surface area contributed by atoms with Crippen LogP contribution in [0.3, 0.4) is 0 Å². The van der Waals surface area contributed by atoms with Crippen molar-refractivity contribution < 1.29 is 4.74 Å². The van der Waals surface area contributed by atoms with Gasteiger partial charge >= 0.3 is 0 Å². The van der Waals surface area contributed by atoms with Gasteiger partial charge in [-0.15, -0.1) is 0 Å². The third-order valence-electron chi connectivity index (χ3n) is 2.98. The molecule has 0 aliphatic rings. The highest BCUT2D eigenvalue weighted by atomic mass is 35.5. The summed E-state index contributed by atoms with van der Waals surface area (Å²) >= 11 is 5.89. The van der Waals surface area contributed by atoms with Crippen LogP contribution >= 0.6 is 11.6 Å². The Bertz CT molecular complexity index is 522. The van der Waals surface area contributed by atoms with E-state index < -0.39 is 0 Å². The molecule has 0 aliphatic carbocycles. The maximum absolute atomic E-state index is 5.89. The number of rotatable bonds is 6. The summed E-state index contributed by atoms with van der Waals surface area (Å²) in [6.45, 7) is 4.41. The van der Waals surface area contributed by atoms with E-state index in [1.54, 1.807) is 7.11 Å². The third-order valence-corrected chi connectivity index (χ3v) is 3.23. The minimum atomic E-state index is 0.713. The van der Waals surface area contributed by atoms with E-state index in [2.05, 4.69) is 17.3 Å². The number of hydrogen-bond acceptors (Lipinski definition) is 3. The highest BCUT2D eigenvalue weighted by molar-refractivity contribution is 6.30. The molecule has 2 aromatic rings. The number of halogens is 1. The zero-order chi connectivity index (χ0) is 13.7. The molecule has 19 heavy (non-hydrogen) atoms. The summed E-state index contributed by atoms with van der Waals surface area (Å²) in [5, 5.41) is 8.47. The second-order valence-electron chi connectivity index (χ2n) is 4.31. The molecule has 5 heteroatoms. The fourth-order valence-corrected chi connectivity index (χ4v) is 1.98. The van der Waals surface area contributed by atoms with Gasteiger partial charge in [-0.25, -0.2) is 4.68 Å².